The number of aromatic nitrogens is 4. The van der Waals surface area contributed by atoms with Gasteiger partial charge in [-0.15, -0.1) is 5.10 Å². The van der Waals surface area contributed by atoms with E-state index in [0.717, 1.165) is 42.8 Å². The van der Waals surface area contributed by atoms with Crippen LogP contribution in [0.1, 0.15) is 36.8 Å². The van der Waals surface area contributed by atoms with Gasteiger partial charge in [0.2, 0.25) is 0 Å². The molecule has 0 aliphatic heterocycles. The smallest absolute Gasteiger partial charge is 0.252 e. The number of oxime groups is 1. The van der Waals surface area contributed by atoms with Crippen LogP contribution in [0.3, 0.4) is 0 Å². The molecule has 0 saturated heterocycles. The lowest BCUT2D eigenvalue weighted by molar-refractivity contribution is 0.317. The predicted molar refractivity (Wildman–Crippen MR) is 61.4 cm³/mol. The van der Waals surface area contributed by atoms with E-state index < -0.39 is 0 Å². The Bertz CT molecular complexity index is 601. The van der Waals surface area contributed by atoms with Gasteiger partial charge in [0.1, 0.15) is 0 Å². The Labute approximate surface area is 98.0 Å². The second-order valence-corrected chi connectivity index (χ2v) is 4.11. The number of hydrogen-bond acceptors (Lipinski definition) is 5. The summed E-state index contributed by atoms with van der Waals surface area (Å²) in [7, 11) is 0. The first-order chi connectivity index (χ1) is 8.33. The fraction of sp³-hybridized carbons (Fsp3) is 0.455. The zero-order valence-electron chi connectivity index (χ0n) is 9.59. The van der Waals surface area contributed by atoms with Crippen molar-refractivity contribution in [3.8, 4) is 0 Å². The molecule has 17 heavy (non-hydrogen) atoms. The first-order valence-electron chi connectivity index (χ1n) is 5.78. The highest BCUT2D eigenvalue weighted by molar-refractivity contribution is 6.01. The molecule has 2 aromatic rings. The lowest BCUT2D eigenvalue weighted by Gasteiger charge is -2.16. The highest BCUT2D eigenvalue weighted by atomic mass is 16.4. The molecule has 0 spiro atoms. The van der Waals surface area contributed by atoms with Gasteiger partial charge >= 0.3 is 0 Å². The Morgan fingerprint density at radius 1 is 1.47 bits per heavy atom. The maximum atomic E-state index is 8.98. The van der Waals surface area contributed by atoms with E-state index in [1.54, 1.807) is 10.7 Å². The van der Waals surface area contributed by atoms with Gasteiger partial charge in [0.05, 0.1) is 11.4 Å². The lowest BCUT2D eigenvalue weighted by Crippen LogP contribution is -2.17. The molecule has 1 aliphatic carbocycles. The monoisotopic (exact) mass is 231 g/mol. The minimum atomic E-state index is 0.625. The molecule has 0 fully saturated rings. The summed E-state index contributed by atoms with van der Waals surface area (Å²) in [6.45, 7) is 2.02. The Morgan fingerprint density at radius 3 is 3.12 bits per heavy atom. The molecule has 0 saturated carbocycles. The number of nitrogens with zero attached hydrogens (tertiary/aromatic N) is 5. The summed E-state index contributed by atoms with van der Waals surface area (Å²) < 4.78 is 1.78. The highest BCUT2D eigenvalue weighted by Gasteiger charge is 2.20. The molecule has 6 nitrogen and oxygen atoms in total. The molecule has 6 heteroatoms. The summed E-state index contributed by atoms with van der Waals surface area (Å²) in [6, 6.07) is 0. The Kier molecular flexibility index (Phi) is 2.28. The third-order valence-corrected chi connectivity index (χ3v) is 3.08. The fourth-order valence-corrected chi connectivity index (χ4v) is 2.21. The van der Waals surface area contributed by atoms with Crippen molar-refractivity contribution in [1.82, 2.24) is 19.6 Å². The molecule has 2 aromatic heterocycles. The summed E-state index contributed by atoms with van der Waals surface area (Å²) in [5, 5.41) is 16.7. The average Bonchev–Trinajstić information content (AvgIpc) is 2.81. The van der Waals surface area contributed by atoms with Gasteiger partial charge in [0, 0.05) is 18.2 Å². The van der Waals surface area contributed by atoms with E-state index in [0.29, 0.717) is 11.5 Å². The van der Waals surface area contributed by atoms with Crippen molar-refractivity contribution in [2.24, 2.45) is 5.16 Å². The summed E-state index contributed by atoms with van der Waals surface area (Å²) in [5.41, 5.74) is 2.62. The second kappa shape index (κ2) is 3.80. The van der Waals surface area contributed by atoms with Crippen LogP contribution < -0.4 is 0 Å². The van der Waals surface area contributed by atoms with Crippen molar-refractivity contribution in [3.05, 3.63) is 23.3 Å². The van der Waals surface area contributed by atoms with E-state index in [2.05, 4.69) is 20.2 Å². The van der Waals surface area contributed by atoms with Gasteiger partial charge < -0.3 is 5.21 Å². The number of hydrogen-bond donors (Lipinski definition) is 1. The molecule has 2 heterocycles. The molecule has 0 bridgehead atoms. The van der Waals surface area contributed by atoms with Gasteiger partial charge in [0.15, 0.2) is 5.82 Å². The summed E-state index contributed by atoms with van der Waals surface area (Å²) in [5.74, 6) is 1.42. The van der Waals surface area contributed by atoms with Crippen molar-refractivity contribution < 1.29 is 5.21 Å². The van der Waals surface area contributed by atoms with Crippen molar-refractivity contribution in [1.29, 1.82) is 0 Å². The summed E-state index contributed by atoms with van der Waals surface area (Å²) in [6.07, 6.45) is 5.19. The predicted octanol–water partition coefficient (Wildman–Crippen LogP) is 1.20. The molecule has 0 radical (unpaired) electrons. The molecule has 0 atom stereocenters. The SMILES string of the molecule is CCc1nc2ncc3c(n2n1)CCC/C3=N\O. The van der Waals surface area contributed by atoms with Crippen LogP contribution in [-0.4, -0.2) is 30.5 Å². The molecule has 1 N–H and O–H groups in total. The van der Waals surface area contributed by atoms with Gasteiger partial charge in [-0.3, -0.25) is 0 Å². The zero-order chi connectivity index (χ0) is 11.8. The van der Waals surface area contributed by atoms with Crippen LogP contribution in [0.25, 0.3) is 5.78 Å². The largest absolute Gasteiger partial charge is 0.411 e. The van der Waals surface area contributed by atoms with Crippen LogP contribution in [-0.2, 0) is 12.8 Å². The Morgan fingerprint density at radius 2 is 2.35 bits per heavy atom. The van der Waals surface area contributed by atoms with E-state index in [1.807, 2.05) is 6.92 Å². The minimum absolute atomic E-state index is 0.625. The summed E-state index contributed by atoms with van der Waals surface area (Å²) >= 11 is 0. The van der Waals surface area contributed by atoms with Gasteiger partial charge in [-0.05, 0) is 19.3 Å². The first-order valence-corrected chi connectivity index (χ1v) is 5.78. The fourth-order valence-electron chi connectivity index (χ4n) is 2.21. The van der Waals surface area contributed by atoms with Crippen LogP contribution in [0, 0.1) is 0 Å². The van der Waals surface area contributed by atoms with Crippen molar-refractivity contribution in [2.75, 3.05) is 0 Å². The third kappa shape index (κ3) is 1.48. The quantitative estimate of drug-likeness (QED) is 0.591. The van der Waals surface area contributed by atoms with Crippen LogP contribution in [0.2, 0.25) is 0 Å². The molecular formula is C11H13N5O. The highest BCUT2D eigenvalue weighted by Crippen LogP contribution is 2.21. The second-order valence-electron chi connectivity index (χ2n) is 4.11. The van der Waals surface area contributed by atoms with E-state index >= 15 is 0 Å². The van der Waals surface area contributed by atoms with Gasteiger partial charge in [-0.1, -0.05) is 12.1 Å². The molecule has 0 amide bonds. The third-order valence-electron chi connectivity index (χ3n) is 3.08. The number of aryl methyl sites for hydroxylation is 2. The summed E-state index contributed by atoms with van der Waals surface area (Å²) in [4.78, 5) is 8.59. The average molecular weight is 231 g/mol. The zero-order valence-corrected chi connectivity index (χ0v) is 9.59. The van der Waals surface area contributed by atoms with E-state index in [4.69, 9.17) is 5.21 Å². The number of rotatable bonds is 1. The van der Waals surface area contributed by atoms with Gasteiger partial charge in [-0.2, -0.15) is 4.98 Å². The Balaban J connectivity index is 2.27. The van der Waals surface area contributed by atoms with Crippen molar-refractivity contribution >= 4 is 11.5 Å². The maximum absolute atomic E-state index is 8.98. The molecule has 1 aliphatic rings. The minimum Gasteiger partial charge on any atom is -0.411 e. The first kappa shape index (κ1) is 10.2. The van der Waals surface area contributed by atoms with Crippen molar-refractivity contribution in [2.45, 2.75) is 32.6 Å². The van der Waals surface area contributed by atoms with Crippen molar-refractivity contribution in [3.63, 3.8) is 0 Å². The molecular weight excluding hydrogens is 218 g/mol. The topological polar surface area (TPSA) is 75.7 Å². The van der Waals surface area contributed by atoms with Gasteiger partial charge in [0.25, 0.3) is 5.78 Å². The van der Waals surface area contributed by atoms with Crippen LogP contribution in [0.15, 0.2) is 11.4 Å². The normalized spacial score (nSPS) is 17.6. The number of fused-ring (bicyclic) bond motifs is 3. The molecule has 0 aromatic carbocycles. The van der Waals surface area contributed by atoms with Crippen LogP contribution in [0.4, 0.5) is 0 Å². The Hall–Kier alpha value is -1.98. The van der Waals surface area contributed by atoms with E-state index in [-0.39, 0.29) is 0 Å². The maximum Gasteiger partial charge on any atom is 0.252 e. The van der Waals surface area contributed by atoms with E-state index in [9.17, 15) is 0 Å². The molecule has 88 valence electrons. The molecule has 3 rings (SSSR count). The van der Waals surface area contributed by atoms with Gasteiger partial charge in [-0.25, -0.2) is 9.50 Å². The lowest BCUT2D eigenvalue weighted by atomic mass is 9.95. The van der Waals surface area contributed by atoms with Crippen LogP contribution in [0.5, 0.6) is 0 Å². The standard InChI is InChI=1S/C11H13N5O/c1-2-10-13-11-12-6-7-8(15-17)4-3-5-9(7)16(11)14-10/h6,17H,2-5H2,1H3/b15-8+. The van der Waals surface area contributed by atoms with E-state index in [1.165, 1.54) is 0 Å². The van der Waals surface area contributed by atoms with Crippen LogP contribution >= 0.6 is 0 Å². The molecule has 0 unspecified atom stereocenters.